The Morgan fingerprint density at radius 1 is 1.27 bits per heavy atom. The summed E-state index contributed by atoms with van der Waals surface area (Å²) < 4.78 is 24.3. The summed E-state index contributed by atoms with van der Waals surface area (Å²) in [6, 6.07) is 15.0. The molecule has 30 heavy (non-hydrogen) atoms. The molecule has 1 N–H and O–H groups in total. The van der Waals surface area contributed by atoms with E-state index in [9.17, 15) is 14.4 Å². The van der Waals surface area contributed by atoms with E-state index in [-0.39, 0.29) is 22.5 Å². The first-order valence-corrected chi connectivity index (χ1v) is 8.90. The number of nitrogens with zero attached hydrogens (tertiary/aromatic N) is 3. The Hall–Kier alpha value is -3.96. The molecule has 0 aliphatic carbocycles. The summed E-state index contributed by atoms with van der Waals surface area (Å²) >= 11 is 5.66. The molecule has 0 aliphatic rings. The number of carbonyl (C=O) groups is 1. The molecular formula is C21H14ClFN4O3. The summed E-state index contributed by atoms with van der Waals surface area (Å²) in [6.07, 6.45) is 2.27. The predicted octanol–water partition coefficient (Wildman–Crippen LogP) is 4.62. The van der Waals surface area contributed by atoms with Gasteiger partial charge in [-0.1, -0.05) is 24.3 Å². The Morgan fingerprint density at radius 2 is 2.07 bits per heavy atom. The highest BCUT2D eigenvalue weighted by Crippen LogP contribution is 2.26. The maximum Gasteiger partial charge on any atom is 0.266 e. The minimum absolute atomic E-state index is 0.144. The van der Waals surface area contributed by atoms with Crippen LogP contribution in [0.4, 0.5) is 10.1 Å². The fraction of sp³-hybridized carbons (Fsp3) is 0.0476. The van der Waals surface area contributed by atoms with Gasteiger partial charge in [0.05, 0.1) is 19.0 Å². The van der Waals surface area contributed by atoms with Gasteiger partial charge in [-0.15, -0.1) is 0 Å². The first kappa shape index (κ1) is 20.8. The van der Waals surface area contributed by atoms with Crippen molar-refractivity contribution in [1.29, 1.82) is 5.26 Å². The zero-order valence-corrected chi connectivity index (χ0v) is 16.4. The largest absolute Gasteiger partial charge is 0.495 e. The molecule has 0 aliphatic heterocycles. The number of hydrogen-bond acceptors (Lipinski definition) is 6. The molecule has 3 rings (SSSR count). The molecule has 2 aromatic carbocycles. The van der Waals surface area contributed by atoms with E-state index in [4.69, 9.17) is 21.1 Å². The highest BCUT2D eigenvalue weighted by atomic mass is 35.5. The SMILES string of the molecule is COc1ccccc1NC(=O)/C(C#N)=C/c1cccc(Oc2nc(Cl)ncc2F)c1. The number of halogens is 2. The minimum Gasteiger partial charge on any atom is -0.495 e. The number of hydrogen-bond donors (Lipinski definition) is 1. The normalized spacial score (nSPS) is 10.8. The van der Waals surface area contributed by atoms with E-state index in [1.165, 1.54) is 19.3 Å². The third-order valence-electron chi connectivity index (χ3n) is 3.79. The number of para-hydroxylation sites is 2. The van der Waals surface area contributed by atoms with Gasteiger partial charge >= 0.3 is 0 Å². The van der Waals surface area contributed by atoms with Crippen LogP contribution >= 0.6 is 11.6 Å². The van der Waals surface area contributed by atoms with Gasteiger partial charge in [-0.3, -0.25) is 4.79 Å². The quantitative estimate of drug-likeness (QED) is 0.352. The Kier molecular flexibility index (Phi) is 6.57. The number of nitrogens with one attached hydrogen (secondary N) is 1. The Labute approximate surface area is 176 Å². The lowest BCUT2D eigenvalue weighted by molar-refractivity contribution is -0.112. The highest BCUT2D eigenvalue weighted by Gasteiger charge is 2.13. The molecule has 0 saturated carbocycles. The number of ether oxygens (including phenoxy) is 2. The van der Waals surface area contributed by atoms with E-state index in [1.54, 1.807) is 42.5 Å². The molecule has 0 bridgehead atoms. The van der Waals surface area contributed by atoms with Crippen molar-refractivity contribution >= 4 is 29.3 Å². The van der Waals surface area contributed by atoms with Crippen LogP contribution in [-0.2, 0) is 4.79 Å². The van der Waals surface area contributed by atoms with Crippen LogP contribution < -0.4 is 14.8 Å². The molecule has 3 aromatic rings. The van der Waals surface area contributed by atoms with E-state index >= 15 is 0 Å². The van der Waals surface area contributed by atoms with Crippen LogP contribution in [0, 0.1) is 17.1 Å². The number of methoxy groups -OCH3 is 1. The van der Waals surface area contributed by atoms with Crippen LogP contribution in [0.25, 0.3) is 6.08 Å². The number of benzene rings is 2. The first-order valence-electron chi connectivity index (χ1n) is 8.52. The van der Waals surface area contributed by atoms with Crippen LogP contribution in [0.2, 0.25) is 5.28 Å². The lowest BCUT2D eigenvalue weighted by Gasteiger charge is -2.09. The summed E-state index contributed by atoms with van der Waals surface area (Å²) in [6.45, 7) is 0. The van der Waals surface area contributed by atoms with Crippen molar-refractivity contribution in [1.82, 2.24) is 9.97 Å². The molecule has 0 atom stereocenters. The Morgan fingerprint density at radius 3 is 2.83 bits per heavy atom. The van der Waals surface area contributed by atoms with Crippen molar-refractivity contribution in [2.75, 3.05) is 12.4 Å². The lowest BCUT2D eigenvalue weighted by Crippen LogP contribution is -2.14. The Bertz CT molecular complexity index is 1160. The highest BCUT2D eigenvalue weighted by molar-refractivity contribution is 6.28. The van der Waals surface area contributed by atoms with Gasteiger partial charge in [0, 0.05) is 0 Å². The van der Waals surface area contributed by atoms with E-state index in [2.05, 4.69) is 15.3 Å². The molecule has 0 fully saturated rings. The predicted molar refractivity (Wildman–Crippen MR) is 109 cm³/mol. The maximum atomic E-state index is 13.8. The number of nitriles is 1. The molecule has 9 heteroatoms. The summed E-state index contributed by atoms with van der Waals surface area (Å²) in [4.78, 5) is 19.7. The van der Waals surface area contributed by atoms with Gasteiger partial charge in [-0.2, -0.15) is 14.6 Å². The van der Waals surface area contributed by atoms with Crippen molar-refractivity contribution in [2.45, 2.75) is 0 Å². The van der Waals surface area contributed by atoms with Gasteiger partial charge in [0.1, 0.15) is 23.1 Å². The second-order valence-electron chi connectivity index (χ2n) is 5.79. The van der Waals surface area contributed by atoms with Crippen LogP contribution in [0.1, 0.15) is 5.56 Å². The molecular weight excluding hydrogens is 411 g/mol. The van der Waals surface area contributed by atoms with E-state index in [0.717, 1.165) is 6.20 Å². The monoisotopic (exact) mass is 424 g/mol. The minimum atomic E-state index is -0.783. The molecule has 7 nitrogen and oxygen atoms in total. The summed E-state index contributed by atoms with van der Waals surface area (Å²) in [5, 5.41) is 11.9. The van der Waals surface area contributed by atoms with Gasteiger partial charge in [0.2, 0.25) is 11.1 Å². The van der Waals surface area contributed by atoms with Crippen molar-refractivity contribution in [3.63, 3.8) is 0 Å². The molecule has 0 radical (unpaired) electrons. The van der Waals surface area contributed by atoms with Crippen LogP contribution in [0.15, 0.2) is 60.3 Å². The van der Waals surface area contributed by atoms with E-state index in [1.807, 2.05) is 6.07 Å². The zero-order chi connectivity index (χ0) is 21.5. The average Bonchev–Trinajstić information content (AvgIpc) is 2.75. The van der Waals surface area contributed by atoms with Crippen molar-refractivity contribution in [2.24, 2.45) is 0 Å². The van der Waals surface area contributed by atoms with Crippen LogP contribution in [0.3, 0.4) is 0 Å². The molecule has 0 unspecified atom stereocenters. The van der Waals surface area contributed by atoms with Crippen LogP contribution in [-0.4, -0.2) is 23.0 Å². The van der Waals surface area contributed by atoms with Crippen molar-refractivity contribution in [3.05, 3.63) is 77.0 Å². The third-order valence-corrected chi connectivity index (χ3v) is 3.97. The number of amides is 1. The van der Waals surface area contributed by atoms with Gasteiger partial charge in [-0.05, 0) is 47.5 Å². The molecule has 1 heterocycles. The standard InChI is InChI=1S/C21H14ClFN4O3/c1-29-18-8-3-2-7-17(18)26-19(28)14(11-24)9-13-5-4-6-15(10-13)30-20-16(23)12-25-21(22)27-20/h2-10,12H,1H3,(H,26,28)/b14-9+. The summed E-state index contributed by atoms with van der Waals surface area (Å²) in [7, 11) is 1.48. The van der Waals surface area contributed by atoms with Gasteiger partial charge in [0.25, 0.3) is 11.8 Å². The molecule has 1 amide bonds. The summed E-state index contributed by atoms with van der Waals surface area (Å²) in [5.74, 6) is -1.04. The van der Waals surface area contributed by atoms with Gasteiger partial charge in [-0.25, -0.2) is 4.98 Å². The number of anilines is 1. The van der Waals surface area contributed by atoms with Gasteiger partial charge in [0.15, 0.2) is 0 Å². The number of rotatable bonds is 6. The molecule has 150 valence electrons. The van der Waals surface area contributed by atoms with Gasteiger partial charge < -0.3 is 14.8 Å². The molecule has 1 aromatic heterocycles. The molecule has 0 saturated heterocycles. The smallest absolute Gasteiger partial charge is 0.266 e. The fourth-order valence-electron chi connectivity index (χ4n) is 2.44. The second kappa shape index (κ2) is 9.49. The fourth-order valence-corrected chi connectivity index (χ4v) is 2.56. The maximum absolute atomic E-state index is 13.8. The third kappa shape index (κ3) is 5.10. The second-order valence-corrected chi connectivity index (χ2v) is 6.13. The van der Waals surface area contributed by atoms with E-state index in [0.29, 0.717) is 17.0 Å². The van der Waals surface area contributed by atoms with Crippen molar-refractivity contribution < 1.29 is 18.7 Å². The lowest BCUT2D eigenvalue weighted by atomic mass is 10.1. The number of carbonyl (C=O) groups excluding carboxylic acids is 1. The summed E-state index contributed by atoms with van der Waals surface area (Å²) in [5.41, 5.74) is 0.772. The Balaban J connectivity index is 1.82. The van der Waals surface area contributed by atoms with Crippen LogP contribution in [0.5, 0.6) is 17.4 Å². The van der Waals surface area contributed by atoms with E-state index < -0.39 is 11.7 Å². The zero-order valence-electron chi connectivity index (χ0n) is 15.6. The average molecular weight is 425 g/mol. The topological polar surface area (TPSA) is 97.1 Å². The van der Waals surface area contributed by atoms with Crippen molar-refractivity contribution in [3.8, 4) is 23.4 Å². The number of aromatic nitrogens is 2. The molecule has 0 spiro atoms. The first-order chi connectivity index (χ1) is 14.5.